The van der Waals surface area contributed by atoms with Gasteiger partial charge >= 0.3 is 5.97 Å². The minimum Gasteiger partial charge on any atom is -0.493 e. The lowest BCUT2D eigenvalue weighted by atomic mass is 10.2. The topological polar surface area (TPSA) is 74.2 Å². The molecule has 1 aromatic rings. The van der Waals surface area contributed by atoms with Gasteiger partial charge in [0, 0.05) is 13.0 Å². The Morgan fingerprint density at radius 1 is 1.25 bits per heavy atom. The van der Waals surface area contributed by atoms with Gasteiger partial charge in [-0.15, -0.1) is 0 Å². The summed E-state index contributed by atoms with van der Waals surface area (Å²) in [5.41, 5.74) is 0. The summed E-state index contributed by atoms with van der Waals surface area (Å²) in [6, 6.07) is 3.42. The van der Waals surface area contributed by atoms with E-state index in [9.17, 15) is 4.79 Å². The van der Waals surface area contributed by atoms with E-state index in [1.54, 1.807) is 12.1 Å². The summed E-state index contributed by atoms with van der Waals surface area (Å²) in [4.78, 5) is 11.6. The van der Waals surface area contributed by atoms with Crippen LogP contribution in [0.4, 0.5) is 0 Å². The number of hydrogen-bond acceptors (Lipinski definition) is 6. The standard InChI is InChI=1S/C13H17BrO6/c1-17-9-5-4-8(14)11(12(9)18-2)20-10(6-7-15)13(16)19-3/h4-5,10,15H,6-7H2,1-3H3. The first-order chi connectivity index (χ1) is 9.58. The minimum atomic E-state index is -0.928. The van der Waals surface area contributed by atoms with Crippen molar-refractivity contribution < 1.29 is 28.8 Å². The van der Waals surface area contributed by atoms with Gasteiger partial charge in [-0.3, -0.25) is 0 Å². The molecule has 1 unspecified atom stereocenters. The molecule has 112 valence electrons. The SMILES string of the molecule is COC(=O)C(CCO)Oc1c(Br)ccc(OC)c1OC. The van der Waals surface area contributed by atoms with E-state index in [2.05, 4.69) is 20.7 Å². The monoisotopic (exact) mass is 348 g/mol. The largest absolute Gasteiger partial charge is 0.493 e. The maximum Gasteiger partial charge on any atom is 0.347 e. The van der Waals surface area contributed by atoms with Crippen LogP contribution in [0.1, 0.15) is 6.42 Å². The maximum atomic E-state index is 11.6. The molecule has 1 rings (SSSR count). The van der Waals surface area contributed by atoms with Gasteiger partial charge in [-0.1, -0.05) is 0 Å². The van der Waals surface area contributed by atoms with E-state index in [1.165, 1.54) is 21.3 Å². The number of carbonyl (C=O) groups excluding carboxylic acids is 1. The van der Waals surface area contributed by atoms with Crippen molar-refractivity contribution in [2.24, 2.45) is 0 Å². The predicted octanol–water partition coefficient (Wildman–Crippen LogP) is 1.77. The van der Waals surface area contributed by atoms with E-state index in [1.807, 2.05) is 0 Å². The van der Waals surface area contributed by atoms with Gasteiger partial charge in [0.15, 0.2) is 17.6 Å². The number of ether oxygens (including phenoxy) is 4. The molecule has 1 atom stereocenters. The summed E-state index contributed by atoms with van der Waals surface area (Å²) in [5, 5.41) is 9.00. The molecule has 0 heterocycles. The Morgan fingerprint density at radius 3 is 2.45 bits per heavy atom. The smallest absolute Gasteiger partial charge is 0.347 e. The molecule has 20 heavy (non-hydrogen) atoms. The van der Waals surface area contributed by atoms with Crippen molar-refractivity contribution in [2.45, 2.75) is 12.5 Å². The number of hydrogen-bond donors (Lipinski definition) is 1. The van der Waals surface area contributed by atoms with E-state index in [4.69, 9.17) is 19.3 Å². The van der Waals surface area contributed by atoms with Gasteiger partial charge in [0.25, 0.3) is 0 Å². The van der Waals surface area contributed by atoms with Crippen molar-refractivity contribution in [3.63, 3.8) is 0 Å². The molecule has 1 aromatic carbocycles. The second-order valence-corrected chi connectivity index (χ2v) is 4.61. The van der Waals surface area contributed by atoms with Crippen LogP contribution in [0, 0.1) is 0 Å². The molecule has 0 bridgehead atoms. The molecular weight excluding hydrogens is 332 g/mol. The number of methoxy groups -OCH3 is 3. The lowest BCUT2D eigenvalue weighted by molar-refractivity contribution is -0.149. The number of halogens is 1. The fourth-order valence-corrected chi connectivity index (χ4v) is 2.01. The number of aliphatic hydroxyl groups is 1. The zero-order valence-electron chi connectivity index (χ0n) is 11.5. The summed E-state index contributed by atoms with van der Waals surface area (Å²) < 4.78 is 21.3. The second-order valence-electron chi connectivity index (χ2n) is 3.75. The molecule has 0 aliphatic heterocycles. The first kappa shape index (κ1) is 16.6. The van der Waals surface area contributed by atoms with E-state index in [-0.39, 0.29) is 13.0 Å². The third-order valence-corrected chi connectivity index (χ3v) is 3.19. The van der Waals surface area contributed by atoms with Gasteiger partial charge in [0.2, 0.25) is 5.75 Å². The summed E-state index contributed by atoms with van der Waals surface area (Å²) in [6.45, 7) is -0.205. The van der Waals surface area contributed by atoms with Crippen LogP contribution in [-0.2, 0) is 9.53 Å². The van der Waals surface area contributed by atoms with Crippen LogP contribution in [0.25, 0.3) is 0 Å². The summed E-state index contributed by atoms with van der Waals surface area (Å²) in [7, 11) is 4.23. The van der Waals surface area contributed by atoms with E-state index < -0.39 is 12.1 Å². The van der Waals surface area contributed by atoms with Gasteiger partial charge in [0.05, 0.1) is 25.8 Å². The molecule has 0 saturated carbocycles. The molecular formula is C13H17BrO6. The van der Waals surface area contributed by atoms with Crippen LogP contribution in [0.3, 0.4) is 0 Å². The highest BCUT2D eigenvalue weighted by molar-refractivity contribution is 9.10. The Kier molecular flexibility index (Phi) is 6.60. The molecule has 0 aliphatic carbocycles. The first-order valence-corrected chi connectivity index (χ1v) is 6.64. The minimum absolute atomic E-state index is 0.111. The van der Waals surface area contributed by atoms with Crippen molar-refractivity contribution in [2.75, 3.05) is 27.9 Å². The fraction of sp³-hybridized carbons (Fsp3) is 0.462. The Bertz CT molecular complexity index is 462. The molecule has 0 fully saturated rings. The third kappa shape index (κ3) is 3.77. The Morgan fingerprint density at radius 2 is 1.95 bits per heavy atom. The van der Waals surface area contributed by atoms with Crippen molar-refractivity contribution in [3.05, 3.63) is 16.6 Å². The van der Waals surface area contributed by atoms with Crippen molar-refractivity contribution in [1.29, 1.82) is 0 Å². The molecule has 0 aromatic heterocycles. The quantitative estimate of drug-likeness (QED) is 0.757. The number of esters is 1. The van der Waals surface area contributed by atoms with Gasteiger partial charge in [0.1, 0.15) is 0 Å². The maximum absolute atomic E-state index is 11.6. The van der Waals surface area contributed by atoms with E-state index >= 15 is 0 Å². The number of aliphatic hydroxyl groups excluding tert-OH is 1. The summed E-state index contributed by atoms with van der Waals surface area (Å²) in [6.07, 6.45) is -0.818. The van der Waals surface area contributed by atoms with Crippen LogP contribution in [-0.4, -0.2) is 45.1 Å². The molecule has 7 heteroatoms. The Balaban J connectivity index is 3.13. The lowest BCUT2D eigenvalue weighted by Crippen LogP contribution is -2.30. The van der Waals surface area contributed by atoms with Crippen LogP contribution in [0.15, 0.2) is 16.6 Å². The molecule has 0 amide bonds. The van der Waals surface area contributed by atoms with Crippen LogP contribution < -0.4 is 14.2 Å². The van der Waals surface area contributed by atoms with Crippen molar-refractivity contribution >= 4 is 21.9 Å². The van der Waals surface area contributed by atoms with Crippen molar-refractivity contribution in [1.82, 2.24) is 0 Å². The summed E-state index contributed by atoms with van der Waals surface area (Å²) >= 11 is 3.33. The van der Waals surface area contributed by atoms with Crippen LogP contribution in [0.2, 0.25) is 0 Å². The van der Waals surface area contributed by atoms with E-state index in [0.717, 1.165) is 0 Å². The molecule has 0 spiro atoms. The van der Waals surface area contributed by atoms with Gasteiger partial charge in [-0.25, -0.2) is 4.79 Å². The Labute approximate surface area is 125 Å². The average molecular weight is 349 g/mol. The molecule has 6 nitrogen and oxygen atoms in total. The first-order valence-electron chi connectivity index (χ1n) is 5.84. The highest BCUT2D eigenvalue weighted by atomic mass is 79.9. The second kappa shape index (κ2) is 7.96. The Hall–Kier alpha value is -1.47. The van der Waals surface area contributed by atoms with Gasteiger partial charge in [-0.05, 0) is 28.1 Å². The fourth-order valence-electron chi connectivity index (χ4n) is 1.60. The van der Waals surface area contributed by atoms with Crippen molar-refractivity contribution in [3.8, 4) is 17.2 Å². The molecule has 0 saturated heterocycles. The van der Waals surface area contributed by atoms with Crippen LogP contribution in [0.5, 0.6) is 17.2 Å². The molecule has 1 N–H and O–H groups in total. The third-order valence-electron chi connectivity index (χ3n) is 2.57. The number of benzene rings is 1. The average Bonchev–Trinajstić information content (AvgIpc) is 2.47. The molecule has 0 aliphatic rings. The highest BCUT2D eigenvalue weighted by Crippen LogP contribution is 2.43. The number of carbonyl (C=O) groups is 1. The zero-order chi connectivity index (χ0) is 15.1. The van der Waals surface area contributed by atoms with Crippen LogP contribution >= 0.6 is 15.9 Å². The highest BCUT2D eigenvalue weighted by Gasteiger charge is 2.25. The lowest BCUT2D eigenvalue weighted by Gasteiger charge is -2.20. The zero-order valence-corrected chi connectivity index (χ0v) is 13.1. The van der Waals surface area contributed by atoms with Gasteiger partial charge in [-0.2, -0.15) is 0 Å². The molecule has 0 radical (unpaired) electrons. The number of rotatable bonds is 7. The van der Waals surface area contributed by atoms with E-state index in [0.29, 0.717) is 21.7 Å². The predicted molar refractivity (Wildman–Crippen MR) is 75.4 cm³/mol. The normalized spacial score (nSPS) is 11.7. The summed E-state index contributed by atoms with van der Waals surface area (Å²) in [5.74, 6) is 0.568. The van der Waals surface area contributed by atoms with Gasteiger partial charge < -0.3 is 24.1 Å².